The highest BCUT2D eigenvalue weighted by Gasteiger charge is 1.89. The van der Waals surface area contributed by atoms with Crippen LogP contribution in [-0.2, 0) is 11.3 Å². The zero-order chi connectivity index (χ0) is 7.94. The Morgan fingerprint density at radius 2 is 1.83 bits per heavy atom. The van der Waals surface area contributed by atoms with Crippen LogP contribution in [0, 0.1) is 0 Å². The van der Waals surface area contributed by atoms with Crippen LogP contribution in [0.1, 0.15) is 5.56 Å². The topological polar surface area (TPSA) is 36.9 Å². The predicted octanol–water partition coefficient (Wildman–Crippen LogP) is -2.55. The van der Waals surface area contributed by atoms with Gasteiger partial charge in [-0.2, -0.15) is 0 Å². The molecule has 0 unspecified atom stereocenters. The van der Waals surface area contributed by atoms with Gasteiger partial charge >= 0.3 is 0 Å². The van der Waals surface area contributed by atoms with Crippen molar-refractivity contribution in [3.8, 4) is 0 Å². The summed E-state index contributed by atoms with van der Waals surface area (Å²) in [6, 6.07) is 10.2. The van der Waals surface area contributed by atoms with E-state index >= 15 is 0 Å². The molecule has 0 aliphatic heterocycles. The fourth-order valence-corrected chi connectivity index (χ4v) is 0.866. The molecular formula is C9H14INO. The van der Waals surface area contributed by atoms with Gasteiger partial charge in [-0.15, -0.1) is 0 Å². The SMILES string of the molecule is [I-].[NH3+]CCOCc1ccccc1. The molecule has 0 spiro atoms. The molecule has 0 bridgehead atoms. The van der Waals surface area contributed by atoms with Crippen LogP contribution in [-0.4, -0.2) is 13.2 Å². The quantitative estimate of drug-likeness (QED) is 0.478. The normalized spacial score (nSPS) is 9.08. The van der Waals surface area contributed by atoms with Crippen molar-refractivity contribution in [1.82, 2.24) is 0 Å². The lowest BCUT2D eigenvalue weighted by atomic mass is 10.2. The first-order valence-corrected chi connectivity index (χ1v) is 3.84. The van der Waals surface area contributed by atoms with Gasteiger partial charge in [-0.05, 0) is 5.56 Å². The molecule has 0 amide bonds. The van der Waals surface area contributed by atoms with E-state index in [1.54, 1.807) is 0 Å². The molecule has 0 atom stereocenters. The Balaban J connectivity index is 0.00000121. The highest BCUT2D eigenvalue weighted by molar-refractivity contribution is 5.13. The summed E-state index contributed by atoms with van der Waals surface area (Å²) >= 11 is 0. The van der Waals surface area contributed by atoms with E-state index in [-0.39, 0.29) is 24.0 Å². The molecule has 3 N–H and O–H groups in total. The molecular weight excluding hydrogens is 265 g/mol. The van der Waals surface area contributed by atoms with Crippen molar-refractivity contribution in [3.63, 3.8) is 0 Å². The maximum atomic E-state index is 5.31. The lowest BCUT2D eigenvalue weighted by molar-refractivity contribution is -0.374. The largest absolute Gasteiger partial charge is 1.00 e. The van der Waals surface area contributed by atoms with E-state index in [9.17, 15) is 0 Å². The first-order valence-electron chi connectivity index (χ1n) is 3.84. The van der Waals surface area contributed by atoms with Gasteiger partial charge in [-0.1, -0.05) is 30.3 Å². The zero-order valence-corrected chi connectivity index (χ0v) is 9.16. The van der Waals surface area contributed by atoms with Gasteiger partial charge in [0.05, 0.1) is 19.8 Å². The van der Waals surface area contributed by atoms with E-state index in [0.717, 1.165) is 13.2 Å². The van der Waals surface area contributed by atoms with Crippen LogP contribution in [0.15, 0.2) is 30.3 Å². The lowest BCUT2D eigenvalue weighted by Crippen LogP contribution is -3.00. The van der Waals surface area contributed by atoms with E-state index in [1.165, 1.54) is 5.56 Å². The summed E-state index contributed by atoms with van der Waals surface area (Å²) in [6.45, 7) is 2.29. The third-order valence-electron chi connectivity index (χ3n) is 1.40. The van der Waals surface area contributed by atoms with Crippen molar-refractivity contribution < 1.29 is 34.4 Å². The summed E-state index contributed by atoms with van der Waals surface area (Å²) in [5.41, 5.74) is 4.91. The van der Waals surface area contributed by atoms with Gasteiger partial charge in [-0.25, -0.2) is 0 Å². The highest BCUT2D eigenvalue weighted by atomic mass is 127. The molecule has 1 rings (SSSR count). The Morgan fingerprint density at radius 1 is 1.17 bits per heavy atom. The van der Waals surface area contributed by atoms with Crippen molar-refractivity contribution in [2.24, 2.45) is 0 Å². The summed E-state index contributed by atoms with van der Waals surface area (Å²) in [5, 5.41) is 0. The molecule has 2 nitrogen and oxygen atoms in total. The molecule has 12 heavy (non-hydrogen) atoms. The molecule has 3 heteroatoms. The highest BCUT2D eigenvalue weighted by Crippen LogP contribution is 1.99. The van der Waals surface area contributed by atoms with E-state index in [2.05, 4.69) is 17.9 Å². The first kappa shape index (κ1) is 11.9. The number of hydrogen-bond donors (Lipinski definition) is 1. The Bertz CT molecular complexity index is 191. The summed E-state index contributed by atoms with van der Waals surface area (Å²) < 4.78 is 5.31. The van der Waals surface area contributed by atoms with Gasteiger partial charge in [0, 0.05) is 0 Å². The number of benzene rings is 1. The number of quaternary nitrogens is 1. The van der Waals surface area contributed by atoms with Crippen molar-refractivity contribution in [1.29, 1.82) is 0 Å². The van der Waals surface area contributed by atoms with Crippen LogP contribution in [0.4, 0.5) is 0 Å². The average Bonchev–Trinajstić information content (AvgIpc) is 2.07. The van der Waals surface area contributed by atoms with E-state index in [4.69, 9.17) is 4.74 Å². The van der Waals surface area contributed by atoms with Gasteiger partial charge in [0.1, 0.15) is 0 Å². The minimum atomic E-state index is 0. The molecule has 0 aliphatic rings. The first-order chi connectivity index (χ1) is 5.43. The fraction of sp³-hybridized carbons (Fsp3) is 0.333. The minimum absolute atomic E-state index is 0. The molecule has 0 fully saturated rings. The van der Waals surface area contributed by atoms with Crippen molar-refractivity contribution >= 4 is 0 Å². The van der Waals surface area contributed by atoms with Gasteiger partial charge in [0.25, 0.3) is 0 Å². The van der Waals surface area contributed by atoms with Crippen molar-refractivity contribution in [3.05, 3.63) is 35.9 Å². The number of hydrogen-bond acceptors (Lipinski definition) is 1. The van der Waals surface area contributed by atoms with Crippen LogP contribution in [0.3, 0.4) is 0 Å². The molecule has 0 aliphatic carbocycles. The monoisotopic (exact) mass is 279 g/mol. The van der Waals surface area contributed by atoms with Gasteiger partial charge in [0.2, 0.25) is 0 Å². The molecule has 0 radical (unpaired) electrons. The Labute approximate surface area is 90.1 Å². The van der Waals surface area contributed by atoms with Crippen molar-refractivity contribution in [2.75, 3.05) is 13.2 Å². The Kier molecular flexibility index (Phi) is 7.43. The second-order valence-electron chi connectivity index (χ2n) is 2.39. The molecule has 0 saturated carbocycles. The van der Waals surface area contributed by atoms with Gasteiger partial charge in [0.15, 0.2) is 0 Å². The maximum Gasteiger partial charge on any atom is 0.0977 e. The summed E-state index contributed by atoms with van der Waals surface area (Å²) in [4.78, 5) is 0. The predicted molar refractivity (Wildman–Crippen MR) is 43.9 cm³/mol. The second kappa shape index (κ2) is 7.52. The Hall–Kier alpha value is -0.130. The van der Waals surface area contributed by atoms with Crippen LogP contribution in [0.2, 0.25) is 0 Å². The number of ether oxygens (including phenoxy) is 1. The van der Waals surface area contributed by atoms with E-state index < -0.39 is 0 Å². The van der Waals surface area contributed by atoms with Gasteiger partial charge < -0.3 is 34.4 Å². The standard InChI is InChI=1S/C9H13NO.HI/c10-6-7-11-8-9-4-2-1-3-5-9;/h1-5H,6-8,10H2;1H. The van der Waals surface area contributed by atoms with Crippen LogP contribution in [0.25, 0.3) is 0 Å². The van der Waals surface area contributed by atoms with E-state index in [0.29, 0.717) is 6.61 Å². The molecule has 1 aromatic rings. The molecule has 0 heterocycles. The third-order valence-corrected chi connectivity index (χ3v) is 1.40. The van der Waals surface area contributed by atoms with E-state index in [1.807, 2.05) is 18.2 Å². The fourth-order valence-electron chi connectivity index (χ4n) is 0.866. The zero-order valence-electron chi connectivity index (χ0n) is 7.00. The average molecular weight is 279 g/mol. The maximum absolute atomic E-state index is 5.31. The summed E-state index contributed by atoms with van der Waals surface area (Å²) in [5.74, 6) is 0. The molecule has 1 aromatic carbocycles. The minimum Gasteiger partial charge on any atom is -1.00 e. The summed E-state index contributed by atoms with van der Waals surface area (Å²) in [7, 11) is 0. The third kappa shape index (κ3) is 4.69. The molecule has 0 saturated heterocycles. The van der Waals surface area contributed by atoms with Crippen LogP contribution in [0.5, 0.6) is 0 Å². The molecule has 68 valence electrons. The lowest BCUT2D eigenvalue weighted by Gasteiger charge is -1.99. The Morgan fingerprint density at radius 3 is 2.42 bits per heavy atom. The number of rotatable bonds is 4. The molecule has 0 aromatic heterocycles. The second-order valence-corrected chi connectivity index (χ2v) is 2.39. The van der Waals surface area contributed by atoms with Crippen molar-refractivity contribution in [2.45, 2.75) is 6.61 Å². The van der Waals surface area contributed by atoms with Gasteiger partial charge in [-0.3, -0.25) is 0 Å². The smallest absolute Gasteiger partial charge is 0.0977 e. The van der Waals surface area contributed by atoms with Crippen LogP contribution >= 0.6 is 0 Å². The summed E-state index contributed by atoms with van der Waals surface area (Å²) in [6.07, 6.45) is 0. The van der Waals surface area contributed by atoms with Crippen LogP contribution < -0.4 is 29.7 Å². The number of halogens is 1.